The second kappa shape index (κ2) is 6.39. The molecule has 1 aliphatic rings. The molecule has 20 heavy (non-hydrogen) atoms. The predicted octanol–water partition coefficient (Wildman–Crippen LogP) is 2.56. The number of aliphatic hydroxyl groups is 1. The molecule has 1 aromatic rings. The summed E-state index contributed by atoms with van der Waals surface area (Å²) in [4.78, 5) is 10.1. The summed E-state index contributed by atoms with van der Waals surface area (Å²) < 4.78 is 11.2. The number of ether oxygens (including phenoxy) is 2. The molecular weight excluding hydrogens is 286 g/mol. The van der Waals surface area contributed by atoms with E-state index in [1.165, 1.54) is 18.2 Å². The smallest absolute Gasteiger partial charge is 0.288 e. The Hall–Kier alpha value is -1.37. The normalized spacial score (nSPS) is 25.1. The molecule has 0 saturated heterocycles. The van der Waals surface area contributed by atoms with Crippen LogP contribution in [0.3, 0.4) is 0 Å². The third kappa shape index (κ3) is 3.20. The Bertz CT molecular complexity index is 496. The first-order chi connectivity index (χ1) is 9.52. The third-order valence-electron chi connectivity index (χ3n) is 3.14. The molecule has 0 radical (unpaired) electrons. The number of aliphatic hydroxyl groups excluding tert-OH is 1. The average molecular weight is 302 g/mol. The largest absolute Gasteiger partial charge is 0.487 e. The quantitative estimate of drug-likeness (QED) is 0.645. The number of halogens is 1. The second-order valence-electron chi connectivity index (χ2n) is 4.67. The zero-order valence-corrected chi connectivity index (χ0v) is 11.7. The molecule has 7 heteroatoms. The minimum Gasteiger partial charge on any atom is -0.487 e. The maximum atomic E-state index is 10.7. The number of hydrogen-bond donors (Lipinski definition) is 1. The number of benzene rings is 1. The van der Waals surface area contributed by atoms with Gasteiger partial charge < -0.3 is 14.6 Å². The summed E-state index contributed by atoms with van der Waals surface area (Å²) in [7, 11) is 0. The van der Waals surface area contributed by atoms with Crippen molar-refractivity contribution < 1.29 is 19.5 Å². The van der Waals surface area contributed by atoms with Crippen molar-refractivity contribution in [3.63, 3.8) is 0 Å². The maximum Gasteiger partial charge on any atom is 0.288 e. The lowest BCUT2D eigenvalue weighted by molar-refractivity contribution is -0.384. The van der Waals surface area contributed by atoms with Gasteiger partial charge in [0.25, 0.3) is 5.69 Å². The van der Waals surface area contributed by atoms with Crippen LogP contribution in [0.4, 0.5) is 5.69 Å². The molecule has 1 aliphatic carbocycles. The molecule has 3 atom stereocenters. The standard InChI is InChI=1S/C13H16ClNO5/c1-2-5-19-13-11(16)7-12(13)20-8-3-4-10(15(17)18)9(14)6-8/h3-4,6,11-13,16H,2,5,7H2,1H3. The van der Waals surface area contributed by atoms with Crippen molar-refractivity contribution in [2.45, 2.75) is 38.1 Å². The van der Waals surface area contributed by atoms with E-state index in [2.05, 4.69) is 0 Å². The highest BCUT2D eigenvalue weighted by Crippen LogP contribution is 2.33. The Kier molecular flexibility index (Phi) is 4.80. The summed E-state index contributed by atoms with van der Waals surface area (Å²) in [5, 5.41) is 20.3. The highest BCUT2D eigenvalue weighted by molar-refractivity contribution is 6.32. The van der Waals surface area contributed by atoms with E-state index in [1.807, 2.05) is 6.92 Å². The fourth-order valence-electron chi connectivity index (χ4n) is 2.03. The molecule has 2 rings (SSSR count). The SMILES string of the molecule is CCCOC1C(O)CC1Oc1ccc([N+](=O)[O-])c(Cl)c1. The van der Waals surface area contributed by atoms with Gasteiger partial charge in [0.1, 0.15) is 23.0 Å². The zero-order valence-electron chi connectivity index (χ0n) is 11.0. The molecule has 0 bridgehead atoms. The molecule has 1 fully saturated rings. The lowest BCUT2D eigenvalue weighted by Gasteiger charge is -2.40. The van der Waals surface area contributed by atoms with Gasteiger partial charge in [0, 0.05) is 25.2 Å². The first-order valence-corrected chi connectivity index (χ1v) is 6.81. The van der Waals surface area contributed by atoms with Crippen LogP contribution in [-0.4, -0.2) is 34.9 Å². The Labute approximate surface area is 121 Å². The number of nitro groups is 1. The molecular formula is C13H16ClNO5. The van der Waals surface area contributed by atoms with E-state index < -0.39 is 11.0 Å². The summed E-state index contributed by atoms with van der Waals surface area (Å²) >= 11 is 5.82. The Morgan fingerprint density at radius 3 is 2.85 bits per heavy atom. The van der Waals surface area contributed by atoms with Crippen molar-refractivity contribution in [3.8, 4) is 5.75 Å². The summed E-state index contributed by atoms with van der Waals surface area (Å²) in [6.07, 6.45) is 0.195. The summed E-state index contributed by atoms with van der Waals surface area (Å²) in [5.41, 5.74) is -0.161. The fourth-order valence-corrected chi connectivity index (χ4v) is 2.27. The molecule has 1 N–H and O–H groups in total. The van der Waals surface area contributed by atoms with E-state index >= 15 is 0 Å². The molecule has 0 aliphatic heterocycles. The maximum absolute atomic E-state index is 10.7. The van der Waals surface area contributed by atoms with Crippen molar-refractivity contribution in [1.82, 2.24) is 0 Å². The van der Waals surface area contributed by atoms with Gasteiger partial charge in [0.05, 0.1) is 11.0 Å². The second-order valence-corrected chi connectivity index (χ2v) is 5.07. The van der Waals surface area contributed by atoms with E-state index in [-0.39, 0.29) is 22.9 Å². The van der Waals surface area contributed by atoms with E-state index in [9.17, 15) is 15.2 Å². The van der Waals surface area contributed by atoms with E-state index in [4.69, 9.17) is 21.1 Å². The van der Waals surface area contributed by atoms with Crippen molar-refractivity contribution >= 4 is 17.3 Å². The highest BCUT2D eigenvalue weighted by atomic mass is 35.5. The van der Waals surface area contributed by atoms with Crippen LogP contribution in [0, 0.1) is 10.1 Å². The molecule has 0 amide bonds. The number of hydrogen-bond acceptors (Lipinski definition) is 5. The van der Waals surface area contributed by atoms with Gasteiger partial charge >= 0.3 is 0 Å². The molecule has 110 valence electrons. The van der Waals surface area contributed by atoms with Crippen molar-refractivity contribution in [2.75, 3.05) is 6.61 Å². The Morgan fingerprint density at radius 2 is 2.30 bits per heavy atom. The first kappa shape index (κ1) is 15.0. The summed E-state index contributed by atoms with van der Waals surface area (Å²) in [6.45, 7) is 2.54. The van der Waals surface area contributed by atoms with E-state index in [0.717, 1.165) is 6.42 Å². The monoisotopic (exact) mass is 301 g/mol. The summed E-state index contributed by atoms with van der Waals surface area (Å²) in [6, 6.07) is 4.20. The topological polar surface area (TPSA) is 81.8 Å². The van der Waals surface area contributed by atoms with Gasteiger partial charge in [-0.2, -0.15) is 0 Å². The van der Waals surface area contributed by atoms with Crippen molar-refractivity contribution in [1.29, 1.82) is 0 Å². The minimum atomic E-state index is -0.549. The molecule has 6 nitrogen and oxygen atoms in total. The lowest BCUT2D eigenvalue weighted by Crippen LogP contribution is -2.55. The number of nitrogens with zero attached hydrogens (tertiary/aromatic N) is 1. The molecule has 0 heterocycles. The van der Waals surface area contributed by atoms with Gasteiger partial charge in [-0.1, -0.05) is 18.5 Å². The van der Waals surface area contributed by atoms with E-state index in [0.29, 0.717) is 18.8 Å². The zero-order chi connectivity index (χ0) is 14.7. The van der Waals surface area contributed by atoms with E-state index in [1.54, 1.807) is 0 Å². The van der Waals surface area contributed by atoms with Gasteiger partial charge in [-0.3, -0.25) is 10.1 Å². The van der Waals surface area contributed by atoms with Crippen LogP contribution in [0.5, 0.6) is 5.75 Å². The van der Waals surface area contributed by atoms with Crippen molar-refractivity contribution in [2.24, 2.45) is 0 Å². The van der Waals surface area contributed by atoms with Crippen LogP contribution in [0.1, 0.15) is 19.8 Å². The van der Waals surface area contributed by atoms with Gasteiger partial charge in [-0.05, 0) is 12.5 Å². The predicted molar refractivity (Wildman–Crippen MR) is 73.2 cm³/mol. The Balaban J connectivity index is 2.00. The molecule has 3 unspecified atom stereocenters. The van der Waals surface area contributed by atoms with Crippen LogP contribution >= 0.6 is 11.6 Å². The fraction of sp³-hybridized carbons (Fsp3) is 0.538. The van der Waals surface area contributed by atoms with Gasteiger partial charge in [0.2, 0.25) is 0 Å². The van der Waals surface area contributed by atoms with Gasteiger partial charge in [0.15, 0.2) is 0 Å². The van der Waals surface area contributed by atoms with Crippen LogP contribution in [0.15, 0.2) is 18.2 Å². The van der Waals surface area contributed by atoms with Crippen molar-refractivity contribution in [3.05, 3.63) is 33.3 Å². The third-order valence-corrected chi connectivity index (χ3v) is 3.44. The van der Waals surface area contributed by atoms with Crippen LogP contribution in [-0.2, 0) is 4.74 Å². The molecule has 0 spiro atoms. The van der Waals surface area contributed by atoms with Crippen LogP contribution in [0.25, 0.3) is 0 Å². The highest BCUT2D eigenvalue weighted by Gasteiger charge is 2.42. The minimum absolute atomic E-state index is 0.0263. The Morgan fingerprint density at radius 1 is 1.55 bits per heavy atom. The molecule has 1 aromatic carbocycles. The summed E-state index contributed by atoms with van der Waals surface area (Å²) in [5.74, 6) is 0.433. The van der Waals surface area contributed by atoms with Gasteiger partial charge in [-0.25, -0.2) is 0 Å². The van der Waals surface area contributed by atoms with Crippen LogP contribution in [0.2, 0.25) is 5.02 Å². The lowest BCUT2D eigenvalue weighted by atomic mass is 9.88. The number of rotatable bonds is 6. The molecule has 0 aromatic heterocycles. The average Bonchev–Trinajstić information content (AvgIpc) is 2.38. The van der Waals surface area contributed by atoms with Gasteiger partial charge in [-0.15, -0.1) is 0 Å². The van der Waals surface area contributed by atoms with Crippen LogP contribution < -0.4 is 4.74 Å². The first-order valence-electron chi connectivity index (χ1n) is 6.43. The number of nitro benzene ring substituents is 1. The molecule has 1 saturated carbocycles.